The maximum atomic E-state index is 6.13. The minimum atomic E-state index is 0.271. The molecule has 1 aromatic heterocycles. The summed E-state index contributed by atoms with van der Waals surface area (Å²) in [6.07, 6.45) is 6.58. The molecule has 0 aliphatic heterocycles. The topological polar surface area (TPSA) is 47.9 Å². The molecule has 0 unspecified atom stereocenters. The van der Waals surface area contributed by atoms with E-state index in [0.717, 1.165) is 5.56 Å². The third-order valence-corrected chi connectivity index (χ3v) is 6.42. The molecule has 0 amide bonds. The molecule has 1 aliphatic carbocycles. The first kappa shape index (κ1) is 21.6. The number of nitrogens with zero attached hydrogens (tertiary/aromatic N) is 3. The Hall–Kier alpha value is -3.24. The predicted octanol–water partition coefficient (Wildman–Crippen LogP) is 8.01. The van der Waals surface area contributed by atoms with E-state index >= 15 is 0 Å². The van der Waals surface area contributed by atoms with Gasteiger partial charge < -0.3 is 4.74 Å². The molecule has 0 atom stereocenters. The van der Waals surface area contributed by atoms with Gasteiger partial charge in [0, 0.05) is 10.6 Å². The lowest BCUT2D eigenvalue weighted by Gasteiger charge is -2.24. The van der Waals surface area contributed by atoms with Gasteiger partial charge in [-0.1, -0.05) is 79.4 Å². The number of hydrogen-bond donors (Lipinski definition) is 0. The van der Waals surface area contributed by atoms with Gasteiger partial charge in [-0.05, 0) is 66.6 Å². The molecule has 166 valence electrons. The second-order valence-electron chi connectivity index (χ2n) is 8.55. The van der Waals surface area contributed by atoms with Crippen LogP contribution in [0.4, 0.5) is 0 Å². The molecule has 5 heteroatoms. The van der Waals surface area contributed by atoms with E-state index < -0.39 is 0 Å². The normalized spacial score (nSPS) is 14.2. The Bertz CT molecular complexity index is 1250. The van der Waals surface area contributed by atoms with Crippen molar-refractivity contribution < 1.29 is 4.74 Å². The van der Waals surface area contributed by atoms with E-state index in [4.69, 9.17) is 16.3 Å². The number of aryl methyl sites for hydroxylation is 1. The van der Waals surface area contributed by atoms with Gasteiger partial charge in [-0.25, -0.2) is 4.98 Å². The summed E-state index contributed by atoms with van der Waals surface area (Å²) in [5, 5.41) is 0.636. The van der Waals surface area contributed by atoms with E-state index in [9.17, 15) is 0 Å². The lowest BCUT2D eigenvalue weighted by atomic mass is 9.81. The third kappa shape index (κ3) is 5.07. The SMILES string of the molecule is Cc1nc(Oc2ccc(-c3ccccc3C3CCCCC3)cc2)nc(-c2cccc(Cl)c2)n1. The highest BCUT2D eigenvalue weighted by Crippen LogP contribution is 2.38. The van der Waals surface area contributed by atoms with Crippen molar-refractivity contribution >= 4 is 11.6 Å². The van der Waals surface area contributed by atoms with Crippen LogP contribution in [0.1, 0.15) is 49.4 Å². The highest BCUT2D eigenvalue weighted by atomic mass is 35.5. The minimum absolute atomic E-state index is 0.271. The molecule has 3 aromatic carbocycles. The molecule has 1 saturated carbocycles. The van der Waals surface area contributed by atoms with Crippen LogP contribution in [0.25, 0.3) is 22.5 Å². The zero-order valence-corrected chi connectivity index (χ0v) is 19.4. The number of benzene rings is 3. The Morgan fingerprint density at radius 2 is 1.58 bits per heavy atom. The highest BCUT2D eigenvalue weighted by Gasteiger charge is 2.19. The van der Waals surface area contributed by atoms with Crippen LogP contribution in [0.5, 0.6) is 11.8 Å². The third-order valence-electron chi connectivity index (χ3n) is 6.19. The number of hydrogen-bond acceptors (Lipinski definition) is 4. The zero-order chi connectivity index (χ0) is 22.6. The average molecular weight is 456 g/mol. The van der Waals surface area contributed by atoms with Gasteiger partial charge in [0.05, 0.1) is 0 Å². The molecule has 4 nitrogen and oxygen atoms in total. The molecule has 0 N–H and O–H groups in total. The maximum Gasteiger partial charge on any atom is 0.325 e. The molecular weight excluding hydrogens is 430 g/mol. The van der Waals surface area contributed by atoms with Gasteiger partial charge >= 0.3 is 6.01 Å². The highest BCUT2D eigenvalue weighted by molar-refractivity contribution is 6.30. The second-order valence-corrected chi connectivity index (χ2v) is 8.98. The van der Waals surface area contributed by atoms with Crippen molar-refractivity contribution in [3.63, 3.8) is 0 Å². The Kier molecular flexibility index (Phi) is 6.36. The number of ether oxygens (including phenoxy) is 1. The molecular formula is C28H26ClN3O. The first-order chi connectivity index (χ1) is 16.2. The number of aromatic nitrogens is 3. The second kappa shape index (κ2) is 9.72. The van der Waals surface area contributed by atoms with E-state index in [1.165, 1.54) is 48.8 Å². The van der Waals surface area contributed by atoms with Crippen molar-refractivity contribution in [1.82, 2.24) is 15.0 Å². The van der Waals surface area contributed by atoms with Gasteiger partial charge in [0.2, 0.25) is 0 Å². The van der Waals surface area contributed by atoms with Crippen molar-refractivity contribution in [2.45, 2.75) is 44.9 Å². The van der Waals surface area contributed by atoms with Crippen LogP contribution < -0.4 is 4.74 Å². The molecule has 5 rings (SSSR count). The van der Waals surface area contributed by atoms with E-state index in [0.29, 0.717) is 28.3 Å². The summed E-state index contributed by atoms with van der Waals surface area (Å²) >= 11 is 6.13. The molecule has 0 radical (unpaired) electrons. The summed E-state index contributed by atoms with van der Waals surface area (Å²) in [6, 6.07) is 24.7. The summed E-state index contributed by atoms with van der Waals surface area (Å²) < 4.78 is 5.99. The number of rotatable bonds is 5. The Labute approximate surface area is 199 Å². The fourth-order valence-corrected chi connectivity index (χ4v) is 4.79. The van der Waals surface area contributed by atoms with Crippen LogP contribution in [-0.4, -0.2) is 15.0 Å². The fraction of sp³-hybridized carbons (Fsp3) is 0.250. The summed E-state index contributed by atoms with van der Waals surface area (Å²) in [5.74, 6) is 2.48. The van der Waals surface area contributed by atoms with Crippen molar-refractivity contribution in [2.24, 2.45) is 0 Å². The Balaban J connectivity index is 1.38. The molecule has 1 heterocycles. The van der Waals surface area contributed by atoms with Crippen molar-refractivity contribution in [3.8, 4) is 34.3 Å². The van der Waals surface area contributed by atoms with Gasteiger partial charge in [0.15, 0.2) is 5.82 Å². The van der Waals surface area contributed by atoms with Crippen molar-refractivity contribution in [3.05, 3.63) is 89.2 Å². The van der Waals surface area contributed by atoms with Crippen molar-refractivity contribution in [2.75, 3.05) is 0 Å². The van der Waals surface area contributed by atoms with E-state index in [2.05, 4.69) is 51.4 Å². The summed E-state index contributed by atoms with van der Waals surface area (Å²) in [4.78, 5) is 13.3. The average Bonchev–Trinajstić information content (AvgIpc) is 2.85. The Morgan fingerprint density at radius 1 is 0.788 bits per heavy atom. The van der Waals surface area contributed by atoms with Crippen LogP contribution in [0.3, 0.4) is 0 Å². The van der Waals surface area contributed by atoms with E-state index in [1.807, 2.05) is 43.3 Å². The quantitative estimate of drug-likeness (QED) is 0.305. The van der Waals surface area contributed by atoms with Gasteiger partial charge in [0.1, 0.15) is 11.6 Å². The van der Waals surface area contributed by atoms with Crippen LogP contribution in [0, 0.1) is 6.92 Å². The van der Waals surface area contributed by atoms with Crippen LogP contribution in [0.15, 0.2) is 72.8 Å². The van der Waals surface area contributed by atoms with Crippen molar-refractivity contribution in [1.29, 1.82) is 0 Å². The van der Waals surface area contributed by atoms with Gasteiger partial charge in [-0.15, -0.1) is 0 Å². The smallest absolute Gasteiger partial charge is 0.325 e. The minimum Gasteiger partial charge on any atom is -0.424 e. The zero-order valence-electron chi connectivity index (χ0n) is 18.7. The summed E-state index contributed by atoms with van der Waals surface area (Å²) in [5.41, 5.74) is 4.81. The largest absolute Gasteiger partial charge is 0.424 e. The van der Waals surface area contributed by atoms with E-state index in [-0.39, 0.29) is 6.01 Å². The standard InChI is InChI=1S/C28H26ClN3O/c1-19-30-27(22-10-7-11-23(29)18-22)32-28(31-19)33-24-16-14-21(15-17-24)26-13-6-5-12-25(26)20-8-3-2-4-9-20/h5-7,10-18,20H,2-4,8-9H2,1H3. The van der Waals surface area contributed by atoms with Crippen LogP contribution in [-0.2, 0) is 0 Å². The van der Waals surface area contributed by atoms with Gasteiger partial charge in [-0.3, -0.25) is 0 Å². The molecule has 0 spiro atoms. The molecule has 0 bridgehead atoms. The first-order valence-corrected chi connectivity index (χ1v) is 11.9. The summed E-state index contributed by atoms with van der Waals surface area (Å²) in [7, 11) is 0. The van der Waals surface area contributed by atoms with Gasteiger partial charge in [-0.2, -0.15) is 9.97 Å². The lowest BCUT2D eigenvalue weighted by molar-refractivity contribution is 0.438. The monoisotopic (exact) mass is 455 g/mol. The van der Waals surface area contributed by atoms with Crippen LogP contribution >= 0.6 is 11.6 Å². The summed E-state index contributed by atoms with van der Waals surface area (Å²) in [6.45, 7) is 1.83. The predicted molar refractivity (Wildman–Crippen MR) is 133 cm³/mol. The van der Waals surface area contributed by atoms with E-state index in [1.54, 1.807) is 0 Å². The molecule has 1 fully saturated rings. The fourth-order valence-electron chi connectivity index (χ4n) is 4.60. The lowest BCUT2D eigenvalue weighted by Crippen LogP contribution is -2.05. The number of halogens is 1. The molecule has 4 aromatic rings. The molecule has 1 aliphatic rings. The molecule has 33 heavy (non-hydrogen) atoms. The Morgan fingerprint density at radius 3 is 2.36 bits per heavy atom. The van der Waals surface area contributed by atoms with Gasteiger partial charge in [0.25, 0.3) is 0 Å². The maximum absolute atomic E-state index is 6.13. The first-order valence-electron chi connectivity index (χ1n) is 11.5. The van der Waals surface area contributed by atoms with Crippen LogP contribution in [0.2, 0.25) is 5.02 Å². The molecule has 0 saturated heterocycles.